The fraction of sp³-hybridized carbons (Fsp3) is 0.333. The van der Waals surface area contributed by atoms with Crippen LogP contribution in [0.1, 0.15) is 11.3 Å². The second-order valence-corrected chi connectivity index (χ2v) is 3.48. The molecule has 1 rings (SSSR count). The Kier molecular flexibility index (Phi) is 2.51. The summed E-state index contributed by atoms with van der Waals surface area (Å²) in [6, 6.07) is 1.63. The minimum Gasteiger partial charge on any atom is -0.469 e. The van der Waals surface area contributed by atoms with E-state index in [4.69, 9.17) is 4.42 Å². The van der Waals surface area contributed by atoms with Crippen LogP contribution in [0.2, 0.25) is 0 Å². The number of hydrogen-bond donors (Lipinski definition) is 1. The predicted molar refractivity (Wildman–Crippen MR) is 41.3 cm³/mol. The molecule has 1 aromatic heterocycles. The zero-order valence-corrected chi connectivity index (χ0v) is 7.30. The molecule has 12 heavy (non-hydrogen) atoms. The molecule has 68 valence electrons. The highest BCUT2D eigenvalue weighted by Gasteiger charge is 2.06. The number of furan rings is 1. The van der Waals surface area contributed by atoms with Crippen molar-refractivity contribution in [3.05, 3.63) is 23.7 Å². The van der Waals surface area contributed by atoms with Gasteiger partial charge in [0, 0.05) is 5.56 Å². The van der Waals surface area contributed by atoms with Gasteiger partial charge >= 0.3 is 10.3 Å². The predicted octanol–water partition coefficient (Wildman–Crippen LogP) is 0.308. The first-order valence-electron chi connectivity index (χ1n) is 3.19. The van der Waals surface area contributed by atoms with Crippen LogP contribution in [0.15, 0.2) is 16.7 Å². The van der Waals surface area contributed by atoms with Crippen LogP contribution >= 0.6 is 0 Å². The molecule has 0 amide bonds. The lowest BCUT2D eigenvalue weighted by molar-refractivity contribution is 0.306. The largest absolute Gasteiger partial charge is 0.469 e. The fourth-order valence-corrected chi connectivity index (χ4v) is 0.998. The Morgan fingerprint density at radius 2 is 2.33 bits per heavy atom. The lowest BCUT2D eigenvalue weighted by atomic mass is 10.3. The third-order valence-corrected chi connectivity index (χ3v) is 1.79. The van der Waals surface area contributed by atoms with Crippen molar-refractivity contribution in [2.75, 3.05) is 0 Å². The summed E-state index contributed by atoms with van der Waals surface area (Å²) in [5.41, 5.74) is 0.670. The van der Waals surface area contributed by atoms with E-state index in [-0.39, 0.29) is 6.61 Å². The highest BCUT2D eigenvalue weighted by Crippen LogP contribution is 2.10. The van der Waals surface area contributed by atoms with Crippen molar-refractivity contribution in [1.29, 1.82) is 0 Å². The molecule has 6 heteroatoms. The van der Waals surface area contributed by atoms with E-state index in [0.717, 1.165) is 0 Å². The van der Waals surface area contributed by atoms with Gasteiger partial charge in [0.05, 0.1) is 12.9 Å². The van der Waals surface area contributed by atoms with E-state index in [1.54, 1.807) is 13.0 Å². The van der Waals surface area contributed by atoms with Crippen LogP contribution < -0.4 is 5.14 Å². The lowest BCUT2D eigenvalue weighted by Gasteiger charge is -1.98. The molecule has 0 saturated carbocycles. The maximum atomic E-state index is 10.4. The molecule has 0 saturated heterocycles. The molecule has 0 bridgehead atoms. The Labute approximate surface area is 70.4 Å². The average Bonchev–Trinajstić information content (AvgIpc) is 2.29. The van der Waals surface area contributed by atoms with Gasteiger partial charge in [-0.2, -0.15) is 8.42 Å². The second kappa shape index (κ2) is 3.26. The van der Waals surface area contributed by atoms with Gasteiger partial charge in [-0.25, -0.2) is 5.14 Å². The topological polar surface area (TPSA) is 82.5 Å². The van der Waals surface area contributed by atoms with Crippen molar-refractivity contribution in [2.45, 2.75) is 13.5 Å². The smallest absolute Gasteiger partial charge is 0.333 e. The van der Waals surface area contributed by atoms with Crippen molar-refractivity contribution in [1.82, 2.24) is 0 Å². The van der Waals surface area contributed by atoms with Gasteiger partial charge in [0.1, 0.15) is 5.76 Å². The van der Waals surface area contributed by atoms with Crippen LogP contribution in [0.5, 0.6) is 0 Å². The summed E-state index contributed by atoms with van der Waals surface area (Å²) in [6.07, 6.45) is 1.46. The minimum atomic E-state index is -3.86. The number of aryl methyl sites for hydroxylation is 1. The van der Waals surface area contributed by atoms with Gasteiger partial charge in [0.2, 0.25) is 0 Å². The fourth-order valence-electron chi connectivity index (χ4n) is 0.707. The molecule has 0 fully saturated rings. The maximum absolute atomic E-state index is 10.4. The van der Waals surface area contributed by atoms with Gasteiger partial charge in [-0.15, -0.1) is 0 Å². The molecular weight excluding hydrogens is 182 g/mol. The van der Waals surface area contributed by atoms with E-state index in [9.17, 15) is 8.42 Å². The van der Waals surface area contributed by atoms with Gasteiger partial charge in [-0.3, -0.25) is 4.18 Å². The van der Waals surface area contributed by atoms with Crippen molar-refractivity contribution < 1.29 is 17.0 Å². The first-order valence-corrected chi connectivity index (χ1v) is 4.66. The monoisotopic (exact) mass is 191 g/mol. The van der Waals surface area contributed by atoms with Crippen molar-refractivity contribution >= 4 is 10.3 Å². The molecule has 5 nitrogen and oxygen atoms in total. The average molecular weight is 191 g/mol. The molecule has 0 unspecified atom stereocenters. The van der Waals surface area contributed by atoms with E-state index < -0.39 is 10.3 Å². The highest BCUT2D eigenvalue weighted by atomic mass is 32.2. The second-order valence-electron chi connectivity index (χ2n) is 2.26. The molecule has 0 aliphatic carbocycles. The van der Waals surface area contributed by atoms with Crippen LogP contribution in [0.25, 0.3) is 0 Å². The van der Waals surface area contributed by atoms with Crippen LogP contribution in [0.4, 0.5) is 0 Å². The highest BCUT2D eigenvalue weighted by molar-refractivity contribution is 7.84. The minimum absolute atomic E-state index is 0.0822. The number of nitrogens with two attached hydrogens (primary N) is 1. The molecule has 0 aliphatic heterocycles. The molecule has 0 atom stereocenters. The summed E-state index contributed by atoms with van der Waals surface area (Å²) >= 11 is 0. The Morgan fingerprint density at radius 3 is 2.75 bits per heavy atom. The molecule has 1 aromatic rings. The normalized spacial score (nSPS) is 11.8. The van der Waals surface area contributed by atoms with E-state index in [2.05, 4.69) is 9.32 Å². The number of rotatable bonds is 3. The molecule has 0 radical (unpaired) electrons. The molecular formula is C6H9NO4S. The van der Waals surface area contributed by atoms with Crippen LogP contribution in [0, 0.1) is 6.92 Å². The molecule has 1 heterocycles. The van der Waals surface area contributed by atoms with Crippen molar-refractivity contribution in [2.24, 2.45) is 5.14 Å². The molecule has 0 aliphatic rings. The third kappa shape index (κ3) is 2.65. The van der Waals surface area contributed by atoms with Crippen LogP contribution in [-0.4, -0.2) is 8.42 Å². The molecule has 0 spiro atoms. The van der Waals surface area contributed by atoms with Gasteiger partial charge < -0.3 is 4.42 Å². The third-order valence-electron chi connectivity index (χ3n) is 1.34. The van der Waals surface area contributed by atoms with Gasteiger partial charge in [0.15, 0.2) is 0 Å². The van der Waals surface area contributed by atoms with Gasteiger partial charge in [0.25, 0.3) is 0 Å². The Hall–Kier alpha value is -0.850. The van der Waals surface area contributed by atoms with E-state index >= 15 is 0 Å². The van der Waals surface area contributed by atoms with Crippen molar-refractivity contribution in [3.8, 4) is 0 Å². The van der Waals surface area contributed by atoms with Gasteiger partial charge in [-0.1, -0.05) is 0 Å². The molecule has 2 N–H and O–H groups in total. The lowest BCUT2D eigenvalue weighted by Crippen LogP contribution is -2.15. The summed E-state index contributed by atoms with van der Waals surface area (Å²) in [4.78, 5) is 0. The van der Waals surface area contributed by atoms with Crippen LogP contribution in [0.3, 0.4) is 0 Å². The van der Waals surface area contributed by atoms with E-state index in [0.29, 0.717) is 11.3 Å². The standard InChI is InChI=1S/C6H9NO4S/c1-5-6(2-3-10-5)4-11-12(7,8)9/h2-3H,4H2,1H3,(H2,7,8,9). The molecule has 0 aromatic carbocycles. The maximum Gasteiger partial charge on any atom is 0.333 e. The first kappa shape index (κ1) is 9.24. The summed E-state index contributed by atoms with van der Waals surface area (Å²) < 4.78 is 30.0. The van der Waals surface area contributed by atoms with E-state index in [1.165, 1.54) is 6.26 Å². The first-order chi connectivity index (χ1) is 5.49. The van der Waals surface area contributed by atoms with Crippen molar-refractivity contribution in [3.63, 3.8) is 0 Å². The van der Waals surface area contributed by atoms with E-state index in [1.807, 2.05) is 0 Å². The summed E-state index contributed by atoms with van der Waals surface area (Å²) in [5, 5.41) is 4.62. The summed E-state index contributed by atoms with van der Waals surface area (Å²) in [7, 11) is -3.86. The Bertz CT molecular complexity index is 353. The van der Waals surface area contributed by atoms with Crippen LogP contribution in [-0.2, 0) is 21.1 Å². The Balaban J connectivity index is 2.61. The summed E-state index contributed by atoms with van der Waals surface area (Å²) in [6.45, 7) is 1.63. The summed E-state index contributed by atoms with van der Waals surface area (Å²) in [5.74, 6) is 0.624. The Morgan fingerprint density at radius 1 is 1.67 bits per heavy atom. The SMILES string of the molecule is Cc1occc1COS(N)(=O)=O. The quantitative estimate of drug-likeness (QED) is 0.745. The zero-order valence-electron chi connectivity index (χ0n) is 6.48. The zero-order chi connectivity index (χ0) is 9.19. The van der Waals surface area contributed by atoms with Gasteiger partial charge in [-0.05, 0) is 13.0 Å². The number of hydrogen-bond acceptors (Lipinski definition) is 4.